The number of carbonyl (C=O) groups is 1. The highest BCUT2D eigenvalue weighted by Gasteiger charge is 2.36. The van der Waals surface area contributed by atoms with Crippen molar-refractivity contribution in [3.05, 3.63) is 23.3 Å². The molecule has 0 unspecified atom stereocenters. The first kappa shape index (κ1) is 18.8. The van der Waals surface area contributed by atoms with Gasteiger partial charge >= 0.3 is 0 Å². The molecule has 0 spiro atoms. The number of carbonyl (C=O) groups excluding carboxylic acids is 1. The minimum Gasteiger partial charge on any atom is -0.381 e. The van der Waals surface area contributed by atoms with Crippen LogP contribution in [0.25, 0.3) is 0 Å². The molecular formula is C21H32N4O2. The highest BCUT2D eigenvalue weighted by atomic mass is 16.5. The molecule has 0 aromatic carbocycles. The highest BCUT2D eigenvalue weighted by molar-refractivity contribution is 5.79. The number of nitrogens with zero attached hydrogens (tertiary/aromatic N) is 4. The summed E-state index contributed by atoms with van der Waals surface area (Å²) in [5.74, 6) is 1.32. The molecular weight excluding hydrogens is 340 g/mol. The van der Waals surface area contributed by atoms with Crippen molar-refractivity contribution in [2.45, 2.75) is 70.1 Å². The van der Waals surface area contributed by atoms with Crippen LogP contribution < -0.4 is 0 Å². The number of hydrogen-bond acceptors (Lipinski definition) is 5. The molecule has 2 fully saturated rings. The number of piperidine rings is 1. The lowest BCUT2D eigenvalue weighted by Crippen LogP contribution is -2.44. The first-order valence-corrected chi connectivity index (χ1v) is 10.5. The van der Waals surface area contributed by atoms with E-state index in [9.17, 15) is 4.79 Å². The van der Waals surface area contributed by atoms with E-state index in [4.69, 9.17) is 14.7 Å². The number of likely N-dealkylation sites (tertiary alicyclic amines) is 1. The van der Waals surface area contributed by atoms with Crippen molar-refractivity contribution in [3.8, 4) is 0 Å². The fraction of sp³-hybridized carbons (Fsp3) is 0.762. The summed E-state index contributed by atoms with van der Waals surface area (Å²) in [7, 11) is 3.91. The zero-order valence-corrected chi connectivity index (χ0v) is 16.7. The number of hydrogen-bond donors (Lipinski definition) is 0. The number of ether oxygens (including phenoxy) is 1. The van der Waals surface area contributed by atoms with Crippen molar-refractivity contribution in [1.82, 2.24) is 19.8 Å². The molecule has 0 bridgehead atoms. The number of methoxy groups -OCH3 is 1. The SMILES string of the molecule is COC1CCC(C(=O)N2CCCC[C@H]2c2ncc3c(n2)CCN(C)C3)CC1. The molecule has 1 aliphatic carbocycles. The number of likely N-dealkylation sites (N-methyl/N-ethyl adjacent to an activating group) is 1. The Bertz CT molecular complexity index is 672. The molecule has 4 rings (SSSR count). The molecule has 1 saturated heterocycles. The van der Waals surface area contributed by atoms with Gasteiger partial charge in [0.2, 0.25) is 5.91 Å². The Morgan fingerprint density at radius 2 is 1.96 bits per heavy atom. The van der Waals surface area contributed by atoms with Crippen LogP contribution in [0.15, 0.2) is 6.20 Å². The predicted molar refractivity (Wildman–Crippen MR) is 103 cm³/mol. The van der Waals surface area contributed by atoms with Gasteiger partial charge < -0.3 is 14.5 Å². The van der Waals surface area contributed by atoms with Gasteiger partial charge in [0.1, 0.15) is 0 Å². The fourth-order valence-corrected chi connectivity index (χ4v) is 4.88. The average Bonchev–Trinajstić information content (AvgIpc) is 2.73. The Hall–Kier alpha value is -1.53. The van der Waals surface area contributed by atoms with Crippen LogP contribution in [0, 0.1) is 5.92 Å². The van der Waals surface area contributed by atoms with Crippen LogP contribution in [0.2, 0.25) is 0 Å². The predicted octanol–water partition coefficient (Wildman–Crippen LogP) is 2.72. The van der Waals surface area contributed by atoms with E-state index in [1.54, 1.807) is 7.11 Å². The van der Waals surface area contributed by atoms with Crippen LogP contribution in [-0.4, -0.2) is 59.0 Å². The van der Waals surface area contributed by atoms with Gasteiger partial charge in [-0.05, 0) is 52.0 Å². The molecule has 1 saturated carbocycles. The van der Waals surface area contributed by atoms with Gasteiger partial charge in [-0.15, -0.1) is 0 Å². The minimum absolute atomic E-state index is 0.0522. The van der Waals surface area contributed by atoms with Crippen molar-refractivity contribution >= 4 is 5.91 Å². The summed E-state index contributed by atoms with van der Waals surface area (Å²) in [5, 5.41) is 0. The lowest BCUT2D eigenvalue weighted by Gasteiger charge is -2.38. The maximum atomic E-state index is 13.3. The molecule has 0 N–H and O–H groups in total. The average molecular weight is 373 g/mol. The maximum Gasteiger partial charge on any atom is 0.226 e. The number of aromatic nitrogens is 2. The Labute approximate surface area is 162 Å². The Morgan fingerprint density at radius 1 is 1.15 bits per heavy atom. The monoisotopic (exact) mass is 372 g/mol. The van der Waals surface area contributed by atoms with Crippen LogP contribution in [0.1, 0.15) is 68.1 Å². The molecule has 1 aromatic rings. The normalized spacial score (nSPS) is 29.4. The van der Waals surface area contributed by atoms with Gasteiger partial charge in [0.25, 0.3) is 0 Å². The molecule has 0 radical (unpaired) electrons. The summed E-state index contributed by atoms with van der Waals surface area (Å²) in [6, 6.07) is 0.0522. The molecule has 1 atom stereocenters. The molecule has 2 aliphatic heterocycles. The van der Waals surface area contributed by atoms with Crippen molar-refractivity contribution in [3.63, 3.8) is 0 Å². The number of rotatable bonds is 3. The lowest BCUT2D eigenvalue weighted by molar-refractivity contribution is -0.141. The summed E-state index contributed by atoms with van der Waals surface area (Å²) >= 11 is 0. The molecule has 1 aromatic heterocycles. The summed E-state index contributed by atoms with van der Waals surface area (Å²) < 4.78 is 5.47. The van der Waals surface area contributed by atoms with E-state index < -0.39 is 0 Å². The topological polar surface area (TPSA) is 58.6 Å². The second kappa shape index (κ2) is 8.23. The summed E-state index contributed by atoms with van der Waals surface area (Å²) in [6.07, 6.45) is 10.4. The van der Waals surface area contributed by atoms with E-state index >= 15 is 0 Å². The van der Waals surface area contributed by atoms with Crippen LogP contribution in [0.5, 0.6) is 0 Å². The molecule has 148 valence electrons. The van der Waals surface area contributed by atoms with Gasteiger partial charge in [0.05, 0.1) is 12.1 Å². The summed E-state index contributed by atoms with van der Waals surface area (Å²) in [5.41, 5.74) is 2.41. The molecule has 6 heteroatoms. The van der Waals surface area contributed by atoms with Gasteiger partial charge in [0.15, 0.2) is 5.82 Å². The zero-order chi connectivity index (χ0) is 18.8. The van der Waals surface area contributed by atoms with Gasteiger partial charge in [-0.3, -0.25) is 4.79 Å². The largest absolute Gasteiger partial charge is 0.381 e. The summed E-state index contributed by atoms with van der Waals surface area (Å²) in [6.45, 7) is 2.81. The van der Waals surface area contributed by atoms with Crippen molar-refractivity contribution in [1.29, 1.82) is 0 Å². The summed E-state index contributed by atoms with van der Waals surface area (Å²) in [4.78, 5) is 27.3. The first-order valence-electron chi connectivity index (χ1n) is 10.5. The second-order valence-electron chi connectivity index (χ2n) is 8.44. The number of amides is 1. The van der Waals surface area contributed by atoms with Gasteiger partial charge in [-0.2, -0.15) is 0 Å². The molecule has 1 amide bonds. The third kappa shape index (κ3) is 4.02. The van der Waals surface area contributed by atoms with Gasteiger partial charge in [-0.1, -0.05) is 0 Å². The number of fused-ring (bicyclic) bond motifs is 1. The quantitative estimate of drug-likeness (QED) is 0.816. The van der Waals surface area contributed by atoms with Crippen molar-refractivity contribution in [2.24, 2.45) is 5.92 Å². The molecule has 3 heterocycles. The third-order valence-electron chi connectivity index (χ3n) is 6.58. The second-order valence-corrected chi connectivity index (χ2v) is 8.44. The maximum absolute atomic E-state index is 13.3. The minimum atomic E-state index is 0.0522. The van der Waals surface area contributed by atoms with E-state index in [1.807, 2.05) is 6.20 Å². The highest BCUT2D eigenvalue weighted by Crippen LogP contribution is 2.34. The van der Waals surface area contributed by atoms with Gasteiger partial charge in [0, 0.05) is 56.5 Å². The van der Waals surface area contributed by atoms with E-state index in [2.05, 4.69) is 16.8 Å². The third-order valence-corrected chi connectivity index (χ3v) is 6.58. The van der Waals surface area contributed by atoms with Crippen LogP contribution in [0.4, 0.5) is 0 Å². The first-order chi connectivity index (χ1) is 13.2. The van der Waals surface area contributed by atoms with Gasteiger partial charge in [-0.25, -0.2) is 9.97 Å². The zero-order valence-electron chi connectivity index (χ0n) is 16.7. The van der Waals surface area contributed by atoms with E-state index in [-0.39, 0.29) is 12.0 Å². The molecule has 3 aliphatic rings. The smallest absolute Gasteiger partial charge is 0.226 e. The van der Waals surface area contributed by atoms with Crippen molar-refractivity contribution in [2.75, 3.05) is 27.2 Å². The molecule has 27 heavy (non-hydrogen) atoms. The van der Waals surface area contributed by atoms with Crippen LogP contribution in [-0.2, 0) is 22.5 Å². The van der Waals surface area contributed by atoms with Crippen LogP contribution in [0.3, 0.4) is 0 Å². The van der Waals surface area contributed by atoms with E-state index in [0.29, 0.717) is 12.0 Å². The fourth-order valence-electron chi connectivity index (χ4n) is 4.88. The Kier molecular flexibility index (Phi) is 5.74. The molecule has 6 nitrogen and oxygen atoms in total. The van der Waals surface area contributed by atoms with E-state index in [0.717, 1.165) is 76.8 Å². The van der Waals surface area contributed by atoms with E-state index in [1.165, 1.54) is 11.3 Å². The standard InChI is InChI=1S/C21H32N4O2/c1-24-12-10-18-16(14-24)13-22-20(23-18)19-5-3-4-11-25(19)21(26)15-6-8-17(27-2)9-7-15/h13,15,17,19H,3-12,14H2,1-2H3/t15?,17?,19-/m0/s1. The Morgan fingerprint density at radius 3 is 2.74 bits per heavy atom. The lowest BCUT2D eigenvalue weighted by atomic mass is 9.85. The van der Waals surface area contributed by atoms with Crippen molar-refractivity contribution < 1.29 is 9.53 Å². The Balaban J connectivity index is 1.50. The van der Waals surface area contributed by atoms with Crippen LogP contribution >= 0.6 is 0 Å².